The average molecular weight is 301 g/mol. The highest BCUT2D eigenvalue weighted by molar-refractivity contribution is 9.10. The summed E-state index contributed by atoms with van der Waals surface area (Å²) in [4.78, 5) is 10.8. The van der Waals surface area contributed by atoms with Gasteiger partial charge >= 0.3 is 0 Å². The van der Waals surface area contributed by atoms with Crippen LogP contribution in [0, 0.1) is 0 Å². The van der Waals surface area contributed by atoms with Crippen molar-refractivity contribution in [3.8, 4) is 5.75 Å². The van der Waals surface area contributed by atoms with Crippen molar-refractivity contribution in [2.45, 2.75) is 38.9 Å². The minimum Gasteiger partial charge on any atom is -0.479 e. The van der Waals surface area contributed by atoms with Crippen molar-refractivity contribution in [2.24, 2.45) is 0 Å². The third-order valence-corrected chi connectivity index (χ3v) is 2.91. The predicted octanol–water partition coefficient (Wildman–Crippen LogP) is 3.03. The van der Waals surface area contributed by atoms with Gasteiger partial charge in [0.25, 0.3) is 0 Å². The summed E-state index contributed by atoms with van der Waals surface area (Å²) in [5.74, 6) is 0.579. The minimum atomic E-state index is -0.902. The number of hydrogen-bond donors (Lipinski definition) is 1. The number of ether oxygens (including phenoxy) is 1. The third-order valence-electron chi connectivity index (χ3n) is 2.30. The molecule has 0 spiro atoms. The number of aldehydes is 1. The first-order valence-corrected chi connectivity index (χ1v) is 6.13. The van der Waals surface area contributed by atoms with Gasteiger partial charge in [0.2, 0.25) is 0 Å². The van der Waals surface area contributed by atoms with Crippen LogP contribution in [0.4, 0.5) is 0 Å². The Balaban J connectivity index is 3.03. The summed E-state index contributed by atoms with van der Waals surface area (Å²) in [6.07, 6.45) is 0.753. The van der Waals surface area contributed by atoms with Crippen LogP contribution >= 0.6 is 15.9 Å². The van der Waals surface area contributed by atoms with E-state index in [1.165, 1.54) is 0 Å². The summed E-state index contributed by atoms with van der Waals surface area (Å²) in [6.45, 7) is 6.81. The molecule has 1 aromatic rings. The molecular weight excluding hydrogens is 284 g/mol. The van der Waals surface area contributed by atoms with Gasteiger partial charge in [-0.15, -0.1) is 0 Å². The Hall–Kier alpha value is -0.870. The zero-order chi connectivity index (χ0) is 13.3. The Morgan fingerprint density at radius 3 is 2.29 bits per heavy atom. The highest BCUT2D eigenvalue weighted by Crippen LogP contribution is 2.32. The third kappa shape index (κ3) is 3.82. The average Bonchev–Trinajstić information content (AvgIpc) is 2.19. The molecule has 1 rings (SSSR count). The van der Waals surface area contributed by atoms with Gasteiger partial charge in [-0.3, -0.25) is 4.79 Å². The van der Waals surface area contributed by atoms with Gasteiger partial charge in [-0.05, 0) is 61.3 Å². The number of hydrogen-bond acceptors (Lipinski definition) is 3. The van der Waals surface area contributed by atoms with Gasteiger partial charge in [-0.2, -0.15) is 0 Å². The van der Waals surface area contributed by atoms with Crippen LogP contribution in [0.25, 0.3) is 0 Å². The summed E-state index contributed by atoms with van der Waals surface area (Å²) < 4.78 is 6.27. The molecular formula is C13H17BrO3. The molecule has 94 valence electrons. The zero-order valence-electron chi connectivity index (χ0n) is 10.5. The van der Waals surface area contributed by atoms with Gasteiger partial charge in [0.1, 0.15) is 5.75 Å². The van der Waals surface area contributed by atoms with E-state index in [4.69, 9.17) is 4.74 Å². The lowest BCUT2D eigenvalue weighted by Gasteiger charge is -2.23. The molecule has 4 heteroatoms. The minimum absolute atomic E-state index is 0.579. The maximum Gasteiger partial charge on any atom is 0.162 e. The van der Waals surface area contributed by atoms with E-state index in [1.807, 2.05) is 0 Å². The normalized spacial score (nSPS) is 12.4. The van der Waals surface area contributed by atoms with Crippen LogP contribution < -0.4 is 4.74 Å². The summed E-state index contributed by atoms with van der Waals surface area (Å²) in [7, 11) is 0. The van der Waals surface area contributed by atoms with E-state index in [9.17, 15) is 9.90 Å². The number of halogens is 1. The van der Waals surface area contributed by atoms with Gasteiger partial charge < -0.3 is 9.84 Å². The summed E-state index contributed by atoms with van der Waals surface area (Å²) in [6, 6.07) is 5.31. The maximum absolute atomic E-state index is 10.8. The first-order chi connectivity index (χ1) is 7.65. The molecule has 1 N–H and O–H groups in total. The Bertz CT molecular complexity index is 419. The van der Waals surface area contributed by atoms with Crippen molar-refractivity contribution in [3.63, 3.8) is 0 Å². The van der Waals surface area contributed by atoms with Crippen molar-refractivity contribution < 1.29 is 14.6 Å². The second kappa shape index (κ2) is 4.78. The maximum atomic E-state index is 10.8. The standard InChI is InChI=1S/C13H17BrO3/c1-12(2,8-15)17-11-6-5-9(7-10(11)14)13(3,4)16/h5-8,16H,1-4H3. The van der Waals surface area contributed by atoms with Crippen molar-refractivity contribution >= 4 is 22.2 Å². The molecule has 0 fully saturated rings. The lowest BCUT2D eigenvalue weighted by atomic mass is 9.98. The van der Waals surface area contributed by atoms with E-state index in [0.717, 1.165) is 11.8 Å². The fraction of sp³-hybridized carbons (Fsp3) is 0.462. The monoisotopic (exact) mass is 300 g/mol. The van der Waals surface area contributed by atoms with E-state index in [-0.39, 0.29) is 0 Å². The molecule has 0 amide bonds. The first kappa shape index (κ1) is 14.2. The van der Waals surface area contributed by atoms with Crippen molar-refractivity contribution in [1.82, 2.24) is 0 Å². The van der Waals surface area contributed by atoms with Crippen LogP contribution in [0.15, 0.2) is 22.7 Å². The van der Waals surface area contributed by atoms with Crippen molar-refractivity contribution in [1.29, 1.82) is 0 Å². The number of carbonyl (C=O) groups is 1. The molecule has 0 saturated heterocycles. The predicted molar refractivity (Wildman–Crippen MR) is 70.2 cm³/mol. The van der Waals surface area contributed by atoms with E-state index < -0.39 is 11.2 Å². The van der Waals surface area contributed by atoms with Gasteiger partial charge in [-0.25, -0.2) is 0 Å². The Kier molecular flexibility index (Phi) is 3.99. The largest absolute Gasteiger partial charge is 0.479 e. The van der Waals surface area contributed by atoms with Crippen LogP contribution in [0.3, 0.4) is 0 Å². The van der Waals surface area contributed by atoms with E-state index in [0.29, 0.717) is 10.2 Å². The van der Waals surface area contributed by atoms with Gasteiger partial charge in [0.15, 0.2) is 11.9 Å². The van der Waals surface area contributed by atoms with Crippen LogP contribution in [-0.2, 0) is 10.4 Å². The highest BCUT2D eigenvalue weighted by Gasteiger charge is 2.21. The van der Waals surface area contributed by atoms with Crippen LogP contribution in [-0.4, -0.2) is 17.0 Å². The fourth-order valence-electron chi connectivity index (χ4n) is 1.27. The first-order valence-electron chi connectivity index (χ1n) is 5.33. The van der Waals surface area contributed by atoms with Crippen LogP contribution in [0.5, 0.6) is 5.75 Å². The molecule has 0 aliphatic rings. The molecule has 0 heterocycles. The molecule has 0 aliphatic carbocycles. The van der Waals surface area contributed by atoms with Gasteiger partial charge in [0.05, 0.1) is 10.1 Å². The molecule has 0 saturated carbocycles. The van der Waals surface area contributed by atoms with Crippen molar-refractivity contribution in [2.75, 3.05) is 0 Å². The van der Waals surface area contributed by atoms with E-state index in [1.54, 1.807) is 45.9 Å². The van der Waals surface area contributed by atoms with Crippen LogP contribution in [0.2, 0.25) is 0 Å². The molecule has 17 heavy (non-hydrogen) atoms. The molecule has 0 radical (unpaired) electrons. The summed E-state index contributed by atoms with van der Waals surface area (Å²) in [5.41, 5.74) is -0.986. The summed E-state index contributed by atoms with van der Waals surface area (Å²) >= 11 is 3.37. The van der Waals surface area contributed by atoms with E-state index in [2.05, 4.69) is 15.9 Å². The lowest BCUT2D eigenvalue weighted by molar-refractivity contribution is -0.119. The molecule has 0 unspecified atom stereocenters. The lowest BCUT2D eigenvalue weighted by Crippen LogP contribution is -2.30. The number of rotatable bonds is 4. The van der Waals surface area contributed by atoms with Gasteiger partial charge in [-0.1, -0.05) is 6.07 Å². The number of benzene rings is 1. The Morgan fingerprint density at radius 1 is 1.29 bits per heavy atom. The molecule has 0 atom stereocenters. The number of aliphatic hydroxyl groups is 1. The second-order valence-electron chi connectivity index (χ2n) is 5.03. The smallest absolute Gasteiger partial charge is 0.162 e. The zero-order valence-corrected chi connectivity index (χ0v) is 12.0. The van der Waals surface area contributed by atoms with E-state index >= 15 is 0 Å². The molecule has 0 aliphatic heterocycles. The topological polar surface area (TPSA) is 46.5 Å². The Labute approximate surface area is 110 Å². The van der Waals surface area contributed by atoms with Crippen LogP contribution in [0.1, 0.15) is 33.3 Å². The summed E-state index contributed by atoms with van der Waals surface area (Å²) in [5, 5.41) is 9.87. The van der Waals surface area contributed by atoms with Gasteiger partial charge in [0, 0.05) is 0 Å². The SMILES string of the molecule is CC(C)(C=O)Oc1ccc(C(C)(C)O)cc1Br. The fourth-order valence-corrected chi connectivity index (χ4v) is 1.73. The Morgan fingerprint density at radius 2 is 1.88 bits per heavy atom. The quantitative estimate of drug-likeness (QED) is 0.870. The highest BCUT2D eigenvalue weighted by atomic mass is 79.9. The second-order valence-corrected chi connectivity index (χ2v) is 5.88. The molecule has 0 aromatic heterocycles. The molecule has 1 aromatic carbocycles. The number of carbonyl (C=O) groups excluding carboxylic acids is 1. The van der Waals surface area contributed by atoms with Crippen molar-refractivity contribution in [3.05, 3.63) is 28.2 Å². The molecule has 3 nitrogen and oxygen atoms in total. The molecule has 0 bridgehead atoms.